The van der Waals surface area contributed by atoms with Crippen LogP contribution in [0.25, 0.3) is 0 Å². The standard InChI is InChI=1S/C12H16N6O4/c1-4-5-8-10(18(20)21)9(16-15-8)11(19)13-6(2)12-14-7(3)17-22-12/h6H,4-5H2,1-3H3,(H,13,19)(H,15,16)/t6-/m1/s1. The first-order valence-corrected chi connectivity index (χ1v) is 6.76. The summed E-state index contributed by atoms with van der Waals surface area (Å²) in [4.78, 5) is 26.7. The topological polar surface area (TPSA) is 140 Å². The molecule has 0 aliphatic rings. The minimum atomic E-state index is -0.673. The molecule has 2 heterocycles. The second-order valence-electron chi connectivity index (χ2n) is 4.78. The van der Waals surface area contributed by atoms with Crippen molar-refractivity contribution in [3.05, 3.63) is 33.2 Å². The predicted molar refractivity (Wildman–Crippen MR) is 74.2 cm³/mol. The van der Waals surface area contributed by atoms with Crippen LogP contribution in [-0.4, -0.2) is 31.2 Å². The molecule has 0 saturated carbocycles. The summed E-state index contributed by atoms with van der Waals surface area (Å²) in [5.74, 6) is -0.0152. The molecule has 0 aliphatic carbocycles. The van der Waals surface area contributed by atoms with E-state index in [1.807, 2.05) is 6.92 Å². The molecule has 1 amide bonds. The SMILES string of the molecule is CCCc1[nH]nc(C(=O)N[C@H](C)c2nc(C)no2)c1[N+](=O)[O-]. The lowest BCUT2D eigenvalue weighted by Crippen LogP contribution is -2.27. The highest BCUT2D eigenvalue weighted by molar-refractivity contribution is 5.96. The van der Waals surface area contributed by atoms with Crippen molar-refractivity contribution in [2.24, 2.45) is 0 Å². The molecule has 10 nitrogen and oxygen atoms in total. The van der Waals surface area contributed by atoms with Crippen molar-refractivity contribution in [2.45, 2.75) is 39.7 Å². The fraction of sp³-hybridized carbons (Fsp3) is 0.500. The minimum Gasteiger partial charge on any atom is -0.339 e. The number of nitrogens with zero attached hydrogens (tertiary/aromatic N) is 4. The lowest BCUT2D eigenvalue weighted by Gasteiger charge is -2.07. The second kappa shape index (κ2) is 6.33. The molecule has 0 spiro atoms. The molecule has 0 unspecified atom stereocenters. The van der Waals surface area contributed by atoms with Gasteiger partial charge in [-0.15, -0.1) is 0 Å². The first kappa shape index (κ1) is 15.6. The number of aryl methyl sites for hydroxylation is 2. The lowest BCUT2D eigenvalue weighted by atomic mass is 10.2. The summed E-state index contributed by atoms with van der Waals surface area (Å²) in [5.41, 5.74) is -0.219. The van der Waals surface area contributed by atoms with Gasteiger partial charge in [0.15, 0.2) is 5.82 Å². The van der Waals surface area contributed by atoms with E-state index in [0.29, 0.717) is 24.4 Å². The van der Waals surface area contributed by atoms with Crippen LogP contribution in [0.3, 0.4) is 0 Å². The van der Waals surface area contributed by atoms with Crippen LogP contribution in [0.2, 0.25) is 0 Å². The Morgan fingerprint density at radius 3 is 2.82 bits per heavy atom. The molecule has 0 aliphatic heterocycles. The Morgan fingerprint density at radius 1 is 1.55 bits per heavy atom. The van der Waals surface area contributed by atoms with Crippen molar-refractivity contribution in [3.63, 3.8) is 0 Å². The van der Waals surface area contributed by atoms with Crippen molar-refractivity contribution in [2.75, 3.05) is 0 Å². The van der Waals surface area contributed by atoms with Crippen LogP contribution in [-0.2, 0) is 6.42 Å². The summed E-state index contributed by atoms with van der Waals surface area (Å²) in [6.45, 7) is 5.16. The molecule has 118 valence electrons. The number of amides is 1. The van der Waals surface area contributed by atoms with Crippen LogP contribution in [0.1, 0.15) is 54.2 Å². The smallest absolute Gasteiger partial charge is 0.322 e. The van der Waals surface area contributed by atoms with Crippen LogP contribution in [0, 0.1) is 17.0 Å². The Hall–Kier alpha value is -2.78. The van der Waals surface area contributed by atoms with Crippen LogP contribution < -0.4 is 5.32 Å². The van der Waals surface area contributed by atoms with Gasteiger partial charge < -0.3 is 9.84 Å². The summed E-state index contributed by atoms with van der Waals surface area (Å²) in [6.07, 6.45) is 1.14. The number of aromatic amines is 1. The van der Waals surface area contributed by atoms with Crippen molar-refractivity contribution < 1.29 is 14.2 Å². The van der Waals surface area contributed by atoms with Gasteiger partial charge in [-0.3, -0.25) is 20.0 Å². The van der Waals surface area contributed by atoms with E-state index < -0.39 is 16.9 Å². The van der Waals surface area contributed by atoms with Gasteiger partial charge >= 0.3 is 5.69 Å². The highest BCUT2D eigenvalue weighted by atomic mass is 16.6. The number of hydrogen-bond donors (Lipinski definition) is 2. The number of nitro groups is 1. The molecular formula is C12H16N6O4. The molecule has 10 heteroatoms. The largest absolute Gasteiger partial charge is 0.339 e. The van der Waals surface area contributed by atoms with Crippen LogP contribution >= 0.6 is 0 Å². The molecule has 22 heavy (non-hydrogen) atoms. The lowest BCUT2D eigenvalue weighted by molar-refractivity contribution is -0.385. The zero-order chi connectivity index (χ0) is 16.3. The van der Waals surface area contributed by atoms with E-state index >= 15 is 0 Å². The Bertz CT molecular complexity index is 692. The average molecular weight is 308 g/mol. The number of nitrogens with one attached hydrogen (secondary N) is 2. The second-order valence-corrected chi connectivity index (χ2v) is 4.78. The highest BCUT2D eigenvalue weighted by Crippen LogP contribution is 2.23. The third kappa shape index (κ3) is 3.10. The number of carbonyl (C=O) groups is 1. The zero-order valence-electron chi connectivity index (χ0n) is 12.4. The number of H-pyrrole nitrogens is 1. The number of rotatable bonds is 6. The number of carbonyl (C=O) groups excluding carboxylic acids is 1. The van der Waals surface area contributed by atoms with E-state index in [1.54, 1.807) is 13.8 Å². The molecule has 0 radical (unpaired) electrons. The maximum Gasteiger partial charge on any atom is 0.322 e. The first-order valence-electron chi connectivity index (χ1n) is 6.76. The predicted octanol–water partition coefficient (Wildman–Crippen LogP) is 1.45. The summed E-state index contributed by atoms with van der Waals surface area (Å²) in [5, 5.41) is 23.7. The Labute approximate surface area is 125 Å². The van der Waals surface area contributed by atoms with E-state index in [9.17, 15) is 14.9 Å². The van der Waals surface area contributed by atoms with Gasteiger partial charge in [-0.05, 0) is 20.3 Å². The maximum atomic E-state index is 12.2. The molecule has 0 aromatic carbocycles. The summed E-state index contributed by atoms with van der Waals surface area (Å²) < 4.78 is 4.95. The minimum absolute atomic E-state index is 0.220. The van der Waals surface area contributed by atoms with Gasteiger partial charge in [-0.1, -0.05) is 18.5 Å². The Balaban J connectivity index is 2.20. The van der Waals surface area contributed by atoms with Crippen molar-refractivity contribution in [1.82, 2.24) is 25.7 Å². The van der Waals surface area contributed by atoms with Gasteiger partial charge in [0.25, 0.3) is 5.91 Å². The zero-order valence-corrected chi connectivity index (χ0v) is 12.4. The molecule has 0 fully saturated rings. The van der Waals surface area contributed by atoms with Crippen LogP contribution in [0.5, 0.6) is 0 Å². The average Bonchev–Trinajstić information content (AvgIpc) is 3.05. The maximum absolute atomic E-state index is 12.2. The summed E-state index contributed by atoms with van der Waals surface area (Å²) in [6, 6.07) is -0.584. The number of aromatic nitrogens is 4. The van der Waals surface area contributed by atoms with Crippen LogP contribution in [0.4, 0.5) is 5.69 Å². The van der Waals surface area contributed by atoms with E-state index in [0.717, 1.165) is 0 Å². The van der Waals surface area contributed by atoms with Gasteiger partial charge in [0.05, 0.1) is 4.92 Å². The molecular weight excluding hydrogens is 292 g/mol. The molecule has 2 aromatic heterocycles. The van der Waals surface area contributed by atoms with Crippen molar-refractivity contribution in [1.29, 1.82) is 0 Å². The fourth-order valence-corrected chi connectivity index (χ4v) is 1.97. The third-order valence-corrected chi connectivity index (χ3v) is 2.97. The normalized spacial score (nSPS) is 12.1. The fourth-order valence-electron chi connectivity index (χ4n) is 1.97. The molecule has 0 bridgehead atoms. The van der Waals surface area contributed by atoms with E-state index in [1.165, 1.54) is 0 Å². The molecule has 2 aromatic rings. The van der Waals surface area contributed by atoms with Crippen LogP contribution in [0.15, 0.2) is 4.52 Å². The van der Waals surface area contributed by atoms with Gasteiger partial charge in [0, 0.05) is 0 Å². The molecule has 1 atom stereocenters. The monoisotopic (exact) mass is 308 g/mol. The molecule has 0 saturated heterocycles. The quantitative estimate of drug-likeness (QED) is 0.607. The van der Waals surface area contributed by atoms with Crippen molar-refractivity contribution >= 4 is 11.6 Å². The third-order valence-electron chi connectivity index (χ3n) is 2.97. The van der Waals surface area contributed by atoms with Gasteiger partial charge in [0.2, 0.25) is 11.6 Å². The Kier molecular flexibility index (Phi) is 4.49. The Morgan fingerprint density at radius 2 is 2.27 bits per heavy atom. The summed E-state index contributed by atoms with van der Waals surface area (Å²) >= 11 is 0. The van der Waals surface area contributed by atoms with Gasteiger partial charge in [-0.2, -0.15) is 10.1 Å². The number of hydrogen-bond acceptors (Lipinski definition) is 7. The molecule has 2 rings (SSSR count). The van der Waals surface area contributed by atoms with E-state index in [4.69, 9.17) is 4.52 Å². The van der Waals surface area contributed by atoms with Gasteiger partial charge in [-0.25, -0.2) is 0 Å². The summed E-state index contributed by atoms with van der Waals surface area (Å²) in [7, 11) is 0. The molecule has 2 N–H and O–H groups in total. The van der Waals surface area contributed by atoms with E-state index in [2.05, 4.69) is 25.7 Å². The first-order chi connectivity index (χ1) is 10.4. The highest BCUT2D eigenvalue weighted by Gasteiger charge is 2.30. The van der Waals surface area contributed by atoms with E-state index in [-0.39, 0.29) is 17.3 Å². The van der Waals surface area contributed by atoms with Crippen molar-refractivity contribution in [3.8, 4) is 0 Å². The van der Waals surface area contributed by atoms with Gasteiger partial charge in [0.1, 0.15) is 11.7 Å².